The molecule has 20 heavy (non-hydrogen) atoms. The standard InChI is InChI=1S/C14H19NO4S/c1-3-20-14(18)8-11-6-4-5-7-12(11)15-13(17)9-19-10(2)16/h4-7,14,18H,3,8-9H2,1-2H3,(H,15,17). The van der Waals surface area contributed by atoms with E-state index in [1.54, 1.807) is 12.1 Å². The summed E-state index contributed by atoms with van der Waals surface area (Å²) in [6.07, 6.45) is 0.447. The first kappa shape index (κ1) is 16.5. The van der Waals surface area contributed by atoms with Crippen LogP contribution in [0.1, 0.15) is 19.4 Å². The quantitative estimate of drug-likeness (QED) is 0.593. The summed E-state index contributed by atoms with van der Waals surface area (Å²) in [7, 11) is 0. The van der Waals surface area contributed by atoms with Gasteiger partial charge in [-0.25, -0.2) is 0 Å². The summed E-state index contributed by atoms with van der Waals surface area (Å²) in [6.45, 7) is 2.91. The molecule has 0 fully saturated rings. The molecule has 0 aromatic heterocycles. The minimum atomic E-state index is -0.508. The predicted molar refractivity (Wildman–Crippen MR) is 79.5 cm³/mol. The minimum Gasteiger partial charge on any atom is -0.456 e. The van der Waals surface area contributed by atoms with Gasteiger partial charge >= 0.3 is 5.97 Å². The maximum atomic E-state index is 11.6. The lowest BCUT2D eigenvalue weighted by Gasteiger charge is -2.14. The van der Waals surface area contributed by atoms with Crippen molar-refractivity contribution in [3.63, 3.8) is 0 Å². The Bertz CT molecular complexity index is 464. The number of hydrogen-bond donors (Lipinski definition) is 2. The van der Waals surface area contributed by atoms with E-state index in [1.807, 2.05) is 19.1 Å². The van der Waals surface area contributed by atoms with Gasteiger partial charge in [-0.15, -0.1) is 11.8 Å². The zero-order valence-electron chi connectivity index (χ0n) is 11.6. The lowest BCUT2D eigenvalue weighted by molar-refractivity contribution is -0.144. The average Bonchev–Trinajstić information content (AvgIpc) is 2.39. The highest BCUT2D eigenvalue weighted by Crippen LogP contribution is 2.20. The van der Waals surface area contributed by atoms with E-state index in [9.17, 15) is 14.7 Å². The lowest BCUT2D eigenvalue weighted by atomic mass is 10.1. The Balaban J connectivity index is 2.65. The van der Waals surface area contributed by atoms with Gasteiger partial charge in [0.2, 0.25) is 0 Å². The van der Waals surface area contributed by atoms with Crippen LogP contribution in [0.5, 0.6) is 0 Å². The number of nitrogens with one attached hydrogen (secondary N) is 1. The smallest absolute Gasteiger partial charge is 0.303 e. The first-order chi connectivity index (χ1) is 9.52. The van der Waals surface area contributed by atoms with E-state index < -0.39 is 17.3 Å². The molecular weight excluding hydrogens is 278 g/mol. The van der Waals surface area contributed by atoms with Gasteiger partial charge in [-0.3, -0.25) is 9.59 Å². The Morgan fingerprint density at radius 3 is 2.75 bits per heavy atom. The fourth-order valence-electron chi connectivity index (χ4n) is 1.61. The second kappa shape index (κ2) is 8.60. The average molecular weight is 297 g/mol. The van der Waals surface area contributed by atoms with Gasteiger partial charge < -0.3 is 15.2 Å². The maximum Gasteiger partial charge on any atom is 0.303 e. The molecule has 1 aromatic rings. The molecule has 6 heteroatoms. The first-order valence-electron chi connectivity index (χ1n) is 6.33. The summed E-state index contributed by atoms with van der Waals surface area (Å²) in [5.74, 6) is -0.0733. The summed E-state index contributed by atoms with van der Waals surface area (Å²) in [5.41, 5.74) is 0.962. The number of hydrogen-bond acceptors (Lipinski definition) is 5. The van der Waals surface area contributed by atoms with Gasteiger partial charge in [0.1, 0.15) is 5.44 Å². The van der Waals surface area contributed by atoms with E-state index in [2.05, 4.69) is 10.1 Å². The fraction of sp³-hybridized carbons (Fsp3) is 0.429. The zero-order valence-corrected chi connectivity index (χ0v) is 12.4. The molecule has 0 spiro atoms. The topological polar surface area (TPSA) is 75.6 Å². The van der Waals surface area contributed by atoms with Gasteiger partial charge in [0.05, 0.1) is 0 Å². The van der Waals surface area contributed by atoms with Crippen molar-refractivity contribution in [2.75, 3.05) is 17.7 Å². The van der Waals surface area contributed by atoms with Crippen LogP contribution in [0, 0.1) is 0 Å². The molecule has 0 bridgehead atoms. The normalized spacial score (nSPS) is 11.8. The highest BCUT2D eigenvalue weighted by Gasteiger charge is 2.11. The zero-order chi connectivity index (χ0) is 15.0. The second-order valence-electron chi connectivity index (χ2n) is 4.10. The number of ether oxygens (including phenoxy) is 1. The van der Waals surface area contributed by atoms with Crippen LogP contribution in [-0.2, 0) is 20.7 Å². The molecule has 0 saturated heterocycles. The minimum absolute atomic E-state index is 0.310. The monoisotopic (exact) mass is 297 g/mol. The molecule has 0 aliphatic heterocycles. The molecule has 0 heterocycles. The van der Waals surface area contributed by atoms with E-state index in [0.717, 1.165) is 11.3 Å². The SMILES string of the molecule is CCSC(O)Cc1ccccc1NC(=O)COC(C)=O. The third-order valence-corrected chi connectivity index (χ3v) is 3.34. The Hall–Kier alpha value is -1.53. The molecule has 0 saturated carbocycles. The van der Waals surface area contributed by atoms with E-state index >= 15 is 0 Å². The van der Waals surface area contributed by atoms with E-state index in [0.29, 0.717) is 12.1 Å². The van der Waals surface area contributed by atoms with Crippen LogP contribution in [0.4, 0.5) is 5.69 Å². The number of esters is 1. The molecule has 1 amide bonds. The summed E-state index contributed by atoms with van der Waals surface area (Å²) in [4.78, 5) is 22.3. The van der Waals surface area contributed by atoms with Gasteiger partial charge in [-0.1, -0.05) is 25.1 Å². The summed E-state index contributed by atoms with van der Waals surface area (Å²) >= 11 is 1.44. The summed E-state index contributed by atoms with van der Waals surface area (Å²) < 4.78 is 4.63. The fourth-order valence-corrected chi connectivity index (χ4v) is 2.30. The number of rotatable bonds is 7. The van der Waals surface area contributed by atoms with Crippen LogP contribution in [-0.4, -0.2) is 34.8 Å². The molecule has 5 nitrogen and oxygen atoms in total. The number of carbonyl (C=O) groups excluding carboxylic acids is 2. The van der Waals surface area contributed by atoms with Gasteiger partial charge in [0.25, 0.3) is 5.91 Å². The highest BCUT2D eigenvalue weighted by molar-refractivity contribution is 7.99. The number of aliphatic hydroxyl groups excluding tert-OH is 1. The van der Waals surface area contributed by atoms with Crippen LogP contribution in [0.3, 0.4) is 0 Å². The third-order valence-electron chi connectivity index (χ3n) is 2.45. The molecule has 0 radical (unpaired) electrons. The van der Waals surface area contributed by atoms with Gasteiger partial charge in [0.15, 0.2) is 6.61 Å². The molecule has 1 aromatic carbocycles. The molecule has 1 atom stereocenters. The first-order valence-corrected chi connectivity index (χ1v) is 7.38. The van der Waals surface area contributed by atoms with Crippen molar-refractivity contribution in [3.8, 4) is 0 Å². The molecule has 0 aliphatic rings. The number of aliphatic hydroxyl groups is 1. The van der Waals surface area contributed by atoms with Crippen molar-refractivity contribution >= 4 is 29.3 Å². The summed E-state index contributed by atoms with van der Waals surface area (Å²) in [5, 5.41) is 12.5. The maximum absolute atomic E-state index is 11.6. The van der Waals surface area contributed by atoms with Crippen molar-refractivity contribution in [2.45, 2.75) is 25.7 Å². The number of amides is 1. The highest BCUT2D eigenvalue weighted by atomic mass is 32.2. The summed E-state index contributed by atoms with van der Waals surface area (Å²) in [6, 6.07) is 7.25. The van der Waals surface area contributed by atoms with Crippen LogP contribution in [0.25, 0.3) is 0 Å². The number of thioether (sulfide) groups is 1. The van der Waals surface area contributed by atoms with Crippen LogP contribution in [0.15, 0.2) is 24.3 Å². The molecule has 1 unspecified atom stereocenters. The van der Waals surface area contributed by atoms with Gasteiger partial charge in [-0.05, 0) is 17.4 Å². The van der Waals surface area contributed by atoms with Crippen molar-refractivity contribution in [1.29, 1.82) is 0 Å². The largest absolute Gasteiger partial charge is 0.456 e. The van der Waals surface area contributed by atoms with E-state index in [-0.39, 0.29) is 6.61 Å². The molecular formula is C14H19NO4S. The van der Waals surface area contributed by atoms with E-state index in [4.69, 9.17) is 0 Å². The Morgan fingerprint density at radius 1 is 1.40 bits per heavy atom. The van der Waals surface area contributed by atoms with Crippen LogP contribution in [0.2, 0.25) is 0 Å². The Labute approximate surface area is 122 Å². The molecule has 110 valence electrons. The van der Waals surface area contributed by atoms with Crippen molar-refractivity contribution < 1.29 is 19.4 Å². The third kappa shape index (κ3) is 6.08. The predicted octanol–water partition coefficient (Wildman–Crippen LogP) is 1.80. The van der Waals surface area contributed by atoms with Crippen molar-refractivity contribution in [2.24, 2.45) is 0 Å². The Kier molecular flexibility index (Phi) is 7.11. The van der Waals surface area contributed by atoms with Crippen LogP contribution >= 0.6 is 11.8 Å². The molecule has 1 rings (SSSR count). The van der Waals surface area contributed by atoms with E-state index in [1.165, 1.54) is 18.7 Å². The van der Waals surface area contributed by atoms with Gasteiger partial charge in [0, 0.05) is 19.0 Å². The number of benzene rings is 1. The number of para-hydroxylation sites is 1. The van der Waals surface area contributed by atoms with Gasteiger partial charge in [-0.2, -0.15) is 0 Å². The van der Waals surface area contributed by atoms with Crippen molar-refractivity contribution in [1.82, 2.24) is 0 Å². The number of carbonyl (C=O) groups is 2. The second-order valence-corrected chi connectivity index (χ2v) is 5.55. The molecule has 2 N–H and O–H groups in total. The lowest BCUT2D eigenvalue weighted by Crippen LogP contribution is -2.21. The Morgan fingerprint density at radius 2 is 2.10 bits per heavy atom. The molecule has 0 aliphatic carbocycles. The number of anilines is 1. The van der Waals surface area contributed by atoms with Crippen molar-refractivity contribution in [3.05, 3.63) is 29.8 Å². The van der Waals surface area contributed by atoms with Crippen LogP contribution < -0.4 is 5.32 Å².